The van der Waals surface area contributed by atoms with Gasteiger partial charge in [-0.2, -0.15) is 5.10 Å². The normalized spacial score (nSPS) is 11.6. The molecule has 3 nitrogen and oxygen atoms in total. The van der Waals surface area contributed by atoms with Gasteiger partial charge >= 0.3 is 0 Å². The van der Waals surface area contributed by atoms with Crippen molar-refractivity contribution in [2.24, 2.45) is 0 Å². The molecule has 0 amide bonds. The first kappa shape index (κ1) is 28.3. The minimum Gasteiger partial charge on any atom is -0.246 e. The van der Waals surface area contributed by atoms with Crippen molar-refractivity contribution < 1.29 is 0 Å². The van der Waals surface area contributed by atoms with Crippen molar-refractivity contribution in [1.82, 2.24) is 15.2 Å². The molecule has 0 saturated carbocycles. The van der Waals surface area contributed by atoms with Gasteiger partial charge in [0.15, 0.2) is 0 Å². The van der Waals surface area contributed by atoms with E-state index in [0.29, 0.717) is 0 Å². The van der Waals surface area contributed by atoms with E-state index in [0.717, 1.165) is 22.6 Å². The lowest BCUT2D eigenvalue weighted by Gasteiger charge is -2.20. The predicted octanol–water partition coefficient (Wildman–Crippen LogP) is 12.2. The topological polar surface area (TPSA) is 38.7 Å². The van der Waals surface area contributed by atoms with Gasteiger partial charge in [0.05, 0.1) is 11.4 Å². The Balaban J connectivity index is 1.17. The molecule has 1 aliphatic rings. The first-order chi connectivity index (χ1) is 24.8. The molecule has 2 heterocycles. The fraction of sp³-hybridized carbons (Fsp3) is 0. The van der Waals surface area contributed by atoms with Crippen LogP contribution in [0.15, 0.2) is 176 Å². The van der Waals surface area contributed by atoms with E-state index in [-0.39, 0.29) is 0 Å². The van der Waals surface area contributed by atoms with E-state index in [1.54, 1.807) is 6.20 Å². The highest BCUT2D eigenvalue weighted by molar-refractivity contribution is 6.28. The summed E-state index contributed by atoms with van der Waals surface area (Å²) in [6.07, 6.45) is 1.68. The zero-order valence-electron chi connectivity index (χ0n) is 27.1. The van der Waals surface area contributed by atoms with Crippen LogP contribution in [0.3, 0.4) is 0 Å². The SMILES string of the molecule is c1ccc(-c2c3c(c(-c4ccccc4)c4ccccc24)-c2ccc(-c4ccc(-c5cccc(-c6cccnn6)n5)cc4)c4cccc-3c24)cc1. The van der Waals surface area contributed by atoms with Gasteiger partial charge < -0.3 is 0 Å². The van der Waals surface area contributed by atoms with Gasteiger partial charge in [-0.3, -0.25) is 0 Å². The fourth-order valence-corrected chi connectivity index (χ4v) is 7.86. The number of hydrogen-bond acceptors (Lipinski definition) is 3. The van der Waals surface area contributed by atoms with Crippen molar-refractivity contribution in [3.05, 3.63) is 176 Å². The molecule has 9 aromatic rings. The summed E-state index contributed by atoms with van der Waals surface area (Å²) in [5, 5.41) is 13.4. The number of aromatic nitrogens is 3. The molecule has 0 aliphatic heterocycles. The van der Waals surface area contributed by atoms with Crippen LogP contribution in [0.2, 0.25) is 0 Å². The van der Waals surface area contributed by atoms with Crippen LogP contribution in [-0.2, 0) is 0 Å². The third-order valence-electron chi connectivity index (χ3n) is 10.00. The molecule has 0 bridgehead atoms. The highest BCUT2D eigenvalue weighted by Crippen LogP contribution is 2.58. The van der Waals surface area contributed by atoms with Gasteiger partial charge in [0, 0.05) is 11.8 Å². The molecule has 10 rings (SSSR count). The van der Waals surface area contributed by atoms with Crippen LogP contribution in [0, 0.1) is 0 Å². The Hall–Kier alpha value is -6.71. The molecule has 0 saturated heterocycles. The van der Waals surface area contributed by atoms with Gasteiger partial charge in [-0.05, 0) is 101 Å². The summed E-state index contributed by atoms with van der Waals surface area (Å²) in [5.41, 5.74) is 16.2. The Bertz CT molecular complexity index is 2630. The van der Waals surface area contributed by atoms with E-state index < -0.39 is 0 Å². The molecule has 0 atom stereocenters. The maximum atomic E-state index is 4.91. The van der Waals surface area contributed by atoms with E-state index in [9.17, 15) is 0 Å². The van der Waals surface area contributed by atoms with Crippen molar-refractivity contribution in [3.8, 4) is 78.3 Å². The molecule has 1 aliphatic carbocycles. The lowest BCUT2D eigenvalue weighted by atomic mass is 9.82. The fourth-order valence-electron chi connectivity index (χ4n) is 7.86. The molecule has 50 heavy (non-hydrogen) atoms. The van der Waals surface area contributed by atoms with Crippen LogP contribution in [0.1, 0.15) is 0 Å². The molecule has 0 fully saturated rings. The molecule has 2 aromatic heterocycles. The molecule has 232 valence electrons. The van der Waals surface area contributed by atoms with Crippen molar-refractivity contribution in [1.29, 1.82) is 0 Å². The highest BCUT2D eigenvalue weighted by atomic mass is 15.1. The Labute approximate surface area is 290 Å². The number of benzene rings is 7. The Morgan fingerprint density at radius 2 is 0.840 bits per heavy atom. The van der Waals surface area contributed by atoms with Crippen LogP contribution in [0.25, 0.3) is 99.8 Å². The van der Waals surface area contributed by atoms with Crippen LogP contribution in [0.4, 0.5) is 0 Å². The highest BCUT2D eigenvalue weighted by Gasteiger charge is 2.31. The third-order valence-corrected chi connectivity index (χ3v) is 10.00. The van der Waals surface area contributed by atoms with Gasteiger partial charge in [-0.15, -0.1) is 5.10 Å². The minimum absolute atomic E-state index is 0.763. The summed E-state index contributed by atoms with van der Waals surface area (Å²) in [4.78, 5) is 4.91. The first-order valence-corrected chi connectivity index (χ1v) is 17.0. The van der Waals surface area contributed by atoms with Crippen LogP contribution in [-0.4, -0.2) is 15.2 Å². The molecule has 3 heteroatoms. The van der Waals surface area contributed by atoms with Gasteiger partial charge in [0.25, 0.3) is 0 Å². The van der Waals surface area contributed by atoms with Gasteiger partial charge in [-0.25, -0.2) is 4.98 Å². The summed E-state index contributed by atoms with van der Waals surface area (Å²) >= 11 is 0. The summed E-state index contributed by atoms with van der Waals surface area (Å²) < 4.78 is 0. The van der Waals surface area contributed by atoms with E-state index >= 15 is 0 Å². The monoisotopic (exact) mass is 635 g/mol. The van der Waals surface area contributed by atoms with Crippen molar-refractivity contribution >= 4 is 21.5 Å². The Kier molecular flexibility index (Phi) is 6.49. The third kappa shape index (κ3) is 4.41. The second-order valence-corrected chi connectivity index (χ2v) is 12.8. The minimum atomic E-state index is 0.763. The number of fused-ring (bicyclic) bond motifs is 4. The van der Waals surface area contributed by atoms with E-state index in [1.165, 1.54) is 77.2 Å². The summed E-state index contributed by atoms with van der Waals surface area (Å²) in [5.74, 6) is 0. The lowest BCUT2D eigenvalue weighted by molar-refractivity contribution is 1.03. The summed E-state index contributed by atoms with van der Waals surface area (Å²) in [6.45, 7) is 0. The molecular weight excluding hydrogens is 607 g/mol. The molecule has 7 aromatic carbocycles. The largest absolute Gasteiger partial charge is 0.246 e. The first-order valence-electron chi connectivity index (χ1n) is 17.0. The standard InChI is InChI=1S/C47H29N3/c1-3-12-32(13-4-1)43-36-16-7-8-17-37(36)44(33-14-5-2-6-15-33)47-39-28-27-34(35-18-9-19-38(45(35)39)46(43)47)30-23-25-31(26-24-30)40-20-10-21-41(49-40)42-22-11-29-48-50-42/h1-29H. The lowest BCUT2D eigenvalue weighted by Crippen LogP contribution is -1.93. The van der Waals surface area contributed by atoms with E-state index in [4.69, 9.17) is 4.98 Å². The van der Waals surface area contributed by atoms with E-state index in [2.05, 4.69) is 150 Å². The zero-order valence-corrected chi connectivity index (χ0v) is 27.1. The molecule has 0 unspecified atom stereocenters. The average molecular weight is 636 g/mol. The number of rotatable bonds is 5. The second-order valence-electron chi connectivity index (χ2n) is 12.8. The predicted molar refractivity (Wildman–Crippen MR) is 206 cm³/mol. The number of pyridine rings is 1. The van der Waals surface area contributed by atoms with Crippen LogP contribution < -0.4 is 0 Å². The maximum Gasteiger partial charge on any atom is 0.111 e. The molecule has 0 radical (unpaired) electrons. The second kappa shape index (κ2) is 11.5. The smallest absolute Gasteiger partial charge is 0.111 e. The number of hydrogen-bond donors (Lipinski definition) is 0. The maximum absolute atomic E-state index is 4.91. The van der Waals surface area contributed by atoms with Gasteiger partial charge in [-0.1, -0.05) is 146 Å². The van der Waals surface area contributed by atoms with Crippen LogP contribution in [0.5, 0.6) is 0 Å². The van der Waals surface area contributed by atoms with Gasteiger partial charge in [0.2, 0.25) is 0 Å². The molecule has 0 N–H and O–H groups in total. The zero-order chi connectivity index (χ0) is 33.0. The van der Waals surface area contributed by atoms with Gasteiger partial charge in [0.1, 0.15) is 5.69 Å². The summed E-state index contributed by atoms with van der Waals surface area (Å²) in [6, 6.07) is 60.8. The van der Waals surface area contributed by atoms with E-state index in [1.807, 2.05) is 30.3 Å². The number of nitrogens with zero attached hydrogens (tertiary/aromatic N) is 3. The molecular formula is C47H29N3. The van der Waals surface area contributed by atoms with Crippen molar-refractivity contribution in [2.45, 2.75) is 0 Å². The van der Waals surface area contributed by atoms with Crippen LogP contribution >= 0.6 is 0 Å². The van der Waals surface area contributed by atoms with Crippen molar-refractivity contribution in [3.63, 3.8) is 0 Å². The quantitative estimate of drug-likeness (QED) is 0.189. The Morgan fingerprint density at radius 3 is 1.50 bits per heavy atom. The molecule has 0 spiro atoms. The Morgan fingerprint density at radius 1 is 0.300 bits per heavy atom. The average Bonchev–Trinajstić information content (AvgIpc) is 3.53. The summed E-state index contributed by atoms with van der Waals surface area (Å²) in [7, 11) is 0. The van der Waals surface area contributed by atoms with Crippen molar-refractivity contribution in [2.75, 3.05) is 0 Å².